The summed E-state index contributed by atoms with van der Waals surface area (Å²) in [6.45, 7) is 3.02. The first kappa shape index (κ1) is 14.0. The van der Waals surface area contributed by atoms with E-state index in [0.29, 0.717) is 12.3 Å². The molecule has 1 amide bonds. The second-order valence-corrected chi connectivity index (χ2v) is 6.58. The highest BCUT2D eigenvalue weighted by Crippen LogP contribution is 2.31. The van der Waals surface area contributed by atoms with E-state index in [1.165, 1.54) is 42.4 Å². The van der Waals surface area contributed by atoms with Crippen molar-refractivity contribution in [2.75, 3.05) is 12.3 Å². The lowest BCUT2D eigenvalue weighted by molar-refractivity contribution is -0.129. The number of likely N-dealkylation sites (tertiary alicyclic amines) is 1. The summed E-state index contributed by atoms with van der Waals surface area (Å²) < 4.78 is 0. The second kappa shape index (κ2) is 5.80. The molecule has 2 atom stereocenters. The maximum atomic E-state index is 12.1. The molecular weight excluding hydrogens is 266 g/mol. The average molecular weight is 289 g/mol. The number of aryl methyl sites for hydroxylation is 2. The highest BCUT2D eigenvalue weighted by atomic mass is 32.1. The molecule has 3 rings (SSSR count). The van der Waals surface area contributed by atoms with Gasteiger partial charge in [-0.1, -0.05) is 18.2 Å². The first-order chi connectivity index (χ1) is 9.69. The zero-order valence-corrected chi connectivity index (χ0v) is 13.0. The summed E-state index contributed by atoms with van der Waals surface area (Å²) in [5, 5.41) is 0. The van der Waals surface area contributed by atoms with Gasteiger partial charge in [-0.2, -0.15) is 12.6 Å². The molecule has 20 heavy (non-hydrogen) atoms. The fourth-order valence-corrected chi connectivity index (χ4v) is 3.74. The lowest BCUT2D eigenvalue weighted by atomic mass is 9.89. The van der Waals surface area contributed by atoms with Gasteiger partial charge in [-0.05, 0) is 61.0 Å². The van der Waals surface area contributed by atoms with Crippen molar-refractivity contribution in [3.63, 3.8) is 0 Å². The quantitative estimate of drug-likeness (QED) is 0.846. The molecule has 0 aromatic heterocycles. The molecule has 2 aliphatic rings. The second-order valence-electron chi connectivity index (χ2n) is 6.21. The van der Waals surface area contributed by atoms with Gasteiger partial charge in [0.25, 0.3) is 0 Å². The van der Waals surface area contributed by atoms with Gasteiger partial charge in [0.05, 0.1) is 6.04 Å². The highest BCUT2D eigenvalue weighted by Gasteiger charge is 2.32. The fraction of sp³-hybridized carbons (Fsp3) is 0.588. The Morgan fingerprint density at radius 3 is 2.75 bits per heavy atom. The number of fused-ring (bicyclic) bond motifs is 1. The maximum absolute atomic E-state index is 12.1. The van der Waals surface area contributed by atoms with Gasteiger partial charge < -0.3 is 4.90 Å². The van der Waals surface area contributed by atoms with Crippen LogP contribution in [0.1, 0.15) is 48.9 Å². The molecule has 1 fully saturated rings. The van der Waals surface area contributed by atoms with E-state index < -0.39 is 0 Å². The van der Waals surface area contributed by atoms with E-state index >= 15 is 0 Å². The maximum Gasteiger partial charge on any atom is 0.223 e. The molecule has 0 radical (unpaired) electrons. The van der Waals surface area contributed by atoms with Gasteiger partial charge in [-0.15, -0.1) is 0 Å². The molecule has 0 N–H and O–H groups in total. The predicted octanol–water partition coefficient (Wildman–Crippen LogP) is 3.40. The number of thiol groups is 1. The van der Waals surface area contributed by atoms with E-state index in [9.17, 15) is 4.79 Å². The van der Waals surface area contributed by atoms with Crippen molar-refractivity contribution in [1.82, 2.24) is 4.90 Å². The molecule has 1 aromatic rings. The van der Waals surface area contributed by atoms with E-state index in [0.717, 1.165) is 12.3 Å². The Labute approximate surface area is 127 Å². The van der Waals surface area contributed by atoms with Crippen molar-refractivity contribution < 1.29 is 4.79 Å². The van der Waals surface area contributed by atoms with E-state index in [-0.39, 0.29) is 11.9 Å². The largest absolute Gasteiger partial charge is 0.336 e. The monoisotopic (exact) mass is 289 g/mol. The Balaban J connectivity index is 1.80. The van der Waals surface area contributed by atoms with Crippen LogP contribution in [-0.2, 0) is 17.6 Å². The molecule has 3 heteroatoms. The van der Waals surface area contributed by atoms with Crippen LogP contribution in [0.3, 0.4) is 0 Å². The van der Waals surface area contributed by atoms with Crippen molar-refractivity contribution in [3.8, 4) is 0 Å². The minimum absolute atomic E-state index is 0.194. The first-order valence-corrected chi connectivity index (χ1v) is 8.34. The predicted molar refractivity (Wildman–Crippen MR) is 85.2 cm³/mol. The molecule has 108 valence electrons. The summed E-state index contributed by atoms with van der Waals surface area (Å²) in [5.41, 5.74) is 4.30. The minimum Gasteiger partial charge on any atom is -0.336 e. The van der Waals surface area contributed by atoms with Crippen LogP contribution in [0.4, 0.5) is 0 Å². The van der Waals surface area contributed by atoms with E-state index in [2.05, 4.69) is 37.8 Å². The molecule has 1 saturated heterocycles. The summed E-state index contributed by atoms with van der Waals surface area (Å²) in [6, 6.07) is 7.02. The third kappa shape index (κ3) is 2.60. The third-order valence-corrected chi connectivity index (χ3v) is 5.34. The Kier molecular flexibility index (Phi) is 4.06. The Hall–Kier alpha value is -0.960. The van der Waals surface area contributed by atoms with Crippen LogP contribution in [0.5, 0.6) is 0 Å². The zero-order valence-electron chi connectivity index (χ0n) is 12.1. The number of carbonyl (C=O) groups excluding carboxylic acids is 1. The van der Waals surface area contributed by atoms with Crippen molar-refractivity contribution in [2.45, 2.75) is 45.1 Å². The summed E-state index contributed by atoms with van der Waals surface area (Å²) in [6.07, 6.45) is 5.70. The van der Waals surface area contributed by atoms with Crippen LogP contribution >= 0.6 is 12.6 Å². The van der Waals surface area contributed by atoms with Gasteiger partial charge in [0.1, 0.15) is 0 Å². The molecule has 0 spiro atoms. The number of nitrogens with zero attached hydrogens (tertiary/aromatic N) is 1. The number of rotatable bonds is 3. The molecule has 1 heterocycles. The van der Waals surface area contributed by atoms with Gasteiger partial charge in [-0.25, -0.2) is 0 Å². The standard InChI is InChI=1S/C17H23NOS/c1-12(18-10-13(11-20)8-17(18)19)15-7-6-14-4-2-3-5-16(14)9-15/h6-7,9,12-13,20H,2-5,8,10-11H2,1H3. The van der Waals surface area contributed by atoms with Gasteiger partial charge in [0, 0.05) is 13.0 Å². The summed E-state index contributed by atoms with van der Waals surface area (Å²) in [4.78, 5) is 14.2. The number of amides is 1. The van der Waals surface area contributed by atoms with Crippen molar-refractivity contribution in [3.05, 3.63) is 34.9 Å². The molecular formula is C17H23NOS. The lowest BCUT2D eigenvalue weighted by Gasteiger charge is -2.27. The van der Waals surface area contributed by atoms with Gasteiger partial charge in [0.15, 0.2) is 0 Å². The number of hydrogen-bond donors (Lipinski definition) is 1. The molecule has 1 aliphatic heterocycles. The Morgan fingerprint density at radius 1 is 1.30 bits per heavy atom. The minimum atomic E-state index is 0.194. The highest BCUT2D eigenvalue weighted by molar-refractivity contribution is 7.80. The third-order valence-electron chi connectivity index (χ3n) is 4.82. The van der Waals surface area contributed by atoms with Gasteiger partial charge >= 0.3 is 0 Å². The van der Waals surface area contributed by atoms with Crippen LogP contribution < -0.4 is 0 Å². The van der Waals surface area contributed by atoms with Crippen molar-refractivity contribution >= 4 is 18.5 Å². The first-order valence-electron chi connectivity index (χ1n) is 7.71. The molecule has 1 aromatic carbocycles. The fourth-order valence-electron chi connectivity index (χ4n) is 3.50. The zero-order chi connectivity index (χ0) is 14.1. The number of benzene rings is 1. The van der Waals surface area contributed by atoms with E-state index in [1.54, 1.807) is 0 Å². The van der Waals surface area contributed by atoms with Crippen LogP contribution in [0, 0.1) is 5.92 Å². The lowest BCUT2D eigenvalue weighted by Crippen LogP contribution is -2.28. The van der Waals surface area contributed by atoms with Gasteiger partial charge in [0.2, 0.25) is 5.91 Å². The Morgan fingerprint density at radius 2 is 2.05 bits per heavy atom. The Bertz CT molecular complexity index is 514. The SMILES string of the molecule is CC(c1ccc2c(c1)CCCC2)N1CC(CS)CC1=O. The van der Waals surface area contributed by atoms with Crippen LogP contribution in [0.25, 0.3) is 0 Å². The van der Waals surface area contributed by atoms with Crippen LogP contribution in [0.2, 0.25) is 0 Å². The normalized spacial score (nSPS) is 23.8. The molecule has 0 saturated carbocycles. The molecule has 2 nitrogen and oxygen atoms in total. The van der Waals surface area contributed by atoms with Crippen molar-refractivity contribution in [1.29, 1.82) is 0 Å². The van der Waals surface area contributed by atoms with Crippen molar-refractivity contribution in [2.24, 2.45) is 5.92 Å². The number of hydrogen-bond acceptors (Lipinski definition) is 2. The average Bonchev–Trinajstić information content (AvgIpc) is 2.87. The van der Waals surface area contributed by atoms with E-state index in [4.69, 9.17) is 0 Å². The summed E-state index contributed by atoms with van der Waals surface area (Å²) in [7, 11) is 0. The summed E-state index contributed by atoms with van der Waals surface area (Å²) in [5.74, 6) is 1.51. The molecule has 0 bridgehead atoms. The van der Waals surface area contributed by atoms with Gasteiger partial charge in [-0.3, -0.25) is 4.79 Å². The molecule has 1 aliphatic carbocycles. The van der Waals surface area contributed by atoms with Crippen LogP contribution in [0.15, 0.2) is 18.2 Å². The van der Waals surface area contributed by atoms with Crippen LogP contribution in [-0.4, -0.2) is 23.1 Å². The number of carbonyl (C=O) groups is 1. The molecule has 2 unspecified atom stereocenters. The van der Waals surface area contributed by atoms with E-state index in [1.807, 2.05) is 4.90 Å². The summed E-state index contributed by atoms with van der Waals surface area (Å²) >= 11 is 4.34. The smallest absolute Gasteiger partial charge is 0.223 e. The topological polar surface area (TPSA) is 20.3 Å².